The topological polar surface area (TPSA) is 99.1 Å². The third-order valence-electron chi connectivity index (χ3n) is 7.45. The second kappa shape index (κ2) is 31.1. The van der Waals surface area contributed by atoms with Gasteiger partial charge in [-0.3, -0.25) is 9.59 Å². The second-order valence-corrected chi connectivity index (χ2v) is 12.8. The summed E-state index contributed by atoms with van der Waals surface area (Å²) in [6.45, 7) is 4.37. The maximum absolute atomic E-state index is 12.6. The summed E-state index contributed by atoms with van der Waals surface area (Å²) in [6.07, 6.45) is 36.7. The standard InChI is InChI=1S/C40H65NO7/c1-6-8-10-12-14-16-17-18-19-20-21-23-24-26-28-30-38(42)47-35-36(34-46-33-32-37(40(44)45)41(3,4)5)48-39(43)31-29-27-25-22-15-13-11-9-7-2/h8-12,14-19,22,36-37H,6-7,13,20-21,23-35H2,1-5H3/p+1/b10-8+,11-9+,14-12+,17-16+,19-18+,22-15+. The van der Waals surface area contributed by atoms with Crippen LogP contribution in [0.2, 0.25) is 0 Å². The Morgan fingerprint density at radius 2 is 1.21 bits per heavy atom. The Morgan fingerprint density at radius 3 is 1.90 bits per heavy atom. The minimum Gasteiger partial charge on any atom is -0.477 e. The molecule has 2 unspecified atom stereocenters. The average molecular weight is 673 g/mol. The van der Waals surface area contributed by atoms with Gasteiger partial charge in [0.05, 0.1) is 34.4 Å². The van der Waals surface area contributed by atoms with E-state index in [-0.39, 0.29) is 42.7 Å². The summed E-state index contributed by atoms with van der Waals surface area (Å²) in [7, 11) is 5.48. The number of rotatable bonds is 30. The fraction of sp³-hybridized carbons (Fsp3) is 0.625. The molecule has 0 rings (SSSR count). The molecule has 0 fully saturated rings. The van der Waals surface area contributed by atoms with Gasteiger partial charge in [0.15, 0.2) is 12.1 Å². The second-order valence-electron chi connectivity index (χ2n) is 12.8. The highest BCUT2D eigenvalue weighted by Crippen LogP contribution is 2.11. The highest BCUT2D eigenvalue weighted by atomic mass is 16.6. The molecule has 0 aliphatic rings. The van der Waals surface area contributed by atoms with Crippen LogP contribution >= 0.6 is 0 Å². The zero-order chi connectivity index (χ0) is 35.7. The van der Waals surface area contributed by atoms with Gasteiger partial charge in [-0.25, -0.2) is 4.79 Å². The van der Waals surface area contributed by atoms with Crippen LogP contribution in [0.15, 0.2) is 72.9 Å². The van der Waals surface area contributed by atoms with E-state index in [1.165, 1.54) is 0 Å². The summed E-state index contributed by atoms with van der Waals surface area (Å²) < 4.78 is 17.1. The molecule has 0 aromatic heterocycles. The molecule has 0 aromatic carbocycles. The quantitative estimate of drug-likeness (QED) is 0.0268. The Bertz CT molecular complexity index is 1020. The molecule has 0 aliphatic carbocycles. The van der Waals surface area contributed by atoms with Gasteiger partial charge in [-0.05, 0) is 57.8 Å². The molecule has 0 radical (unpaired) electrons. The number of quaternary nitrogens is 1. The van der Waals surface area contributed by atoms with E-state index in [0.29, 0.717) is 19.3 Å². The number of aliphatic carboxylic acids is 1. The summed E-state index contributed by atoms with van der Waals surface area (Å²) in [6, 6.07) is -0.625. The Balaban J connectivity index is 4.51. The maximum atomic E-state index is 12.6. The van der Waals surface area contributed by atoms with Crippen molar-refractivity contribution in [2.24, 2.45) is 0 Å². The predicted octanol–water partition coefficient (Wildman–Crippen LogP) is 8.85. The lowest BCUT2D eigenvalue weighted by molar-refractivity contribution is -0.887. The van der Waals surface area contributed by atoms with E-state index >= 15 is 0 Å². The molecule has 0 heterocycles. The van der Waals surface area contributed by atoms with Crippen molar-refractivity contribution < 1.29 is 38.2 Å². The number of carboxylic acid groups (broad SMARTS) is 1. The first-order valence-electron chi connectivity index (χ1n) is 18.0. The first-order chi connectivity index (χ1) is 23.1. The number of likely N-dealkylation sites (N-methyl/N-ethyl adjacent to an activating group) is 1. The number of carbonyl (C=O) groups excluding carboxylic acids is 2. The SMILES string of the molecule is CC/C=C/C=C/C=C/C=C/CCCCCCCC(=O)OCC(COCCC(C(=O)O)[N+](C)(C)C)OC(=O)CCCC/C=C/C/C=C/CC. The van der Waals surface area contributed by atoms with Gasteiger partial charge < -0.3 is 23.8 Å². The van der Waals surface area contributed by atoms with E-state index < -0.39 is 18.1 Å². The number of carboxylic acids is 1. The van der Waals surface area contributed by atoms with E-state index in [9.17, 15) is 19.5 Å². The number of carbonyl (C=O) groups is 3. The van der Waals surface area contributed by atoms with E-state index in [0.717, 1.165) is 70.6 Å². The lowest BCUT2D eigenvalue weighted by Crippen LogP contribution is -2.50. The van der Waals surface area contributed by atoms with Gasteiger partial charge >= 0.3 is 17.9 Å². The molecule has 48 heavy (non-hydrogen) atoms. The van der Waals surface area contributed by atoms with Gasteiger partial charge in [0.25, 0.3) is 0 Å². The zero-order valence-electron chi connectivity index (χ0n) is 30.7. The number of unbranched alkanes of at least 4 members (excludes halogenated alkanes) is 7. The summed E-state index contributed by atoms with van der Waals surface area (Å²) in [5.41, 5.74) is 0. The molecule has 0 saturated heterocycles. The summed E-state index contributed by atoms with van der Waals surface area (Å²) in [5, 5.41) is 9.56. The molecule has 0 amide bonds. The van der Waals surface area contributed by atoms with Crippen molar-refractivity contribution in [3.8, 4) is 0 Å². The van der Waals surface area contributed by atoms with Crippen molar-refractivity contribution in [2.75, 3.05) is 41.0 Å². The minimum absolute atomic E-state index is 0.0355. The molecule has 8 heteroatoms. The van der Waals surface area contributed by atoms with Gasteiger partial charge in [-0.15, -0.1) is 0 Å². The lowest BCUT2D eigenvalue weighted by Gasteiger charge is -2.31. The van der Waals surface area contributed by atoms with Crippen molar-refractivity contribution in [3.63, 3.8) is 0 Å². The number of hydrogen-bond donors (Lipinski definition) is 1. The molecule has 0 aliphatic heterocycles. The predicted molar refractivity (Wildman–Crippen MR) is 197 cm³/mol. The van der Waals surface area contributed by atoms with Gasteiger partial charge in [0, 0.05) is 19.3 Å². The first-order valence-corrected chi connectivity index (χ1v) is 18.0. The highest BCUT2D eigenvalue weighted by molar-refractivity contribution is 5.72. The largest absolute Gasteiger partial charge is 0.477 e. The van der Waals surface area contributed by atoms with Crippen LogP contribution < -0.4 is 0 Å². The summed E-state index contributed by atoms with van der Waals surface area (Å²) in [4.78, 5) is 36.6. The van der Waals surface area contributed by atoms with Crippen molar-refractivity contribution in [3.05, 3.63) is 72.9 Å². The fourth-order valence-corrected chi connectivity index (χ4v) is 4.67. The maximum Gasteiger partial charge on any atom is 0.362 e. The first kappa shape index (κ1) is 44.8. The molecule has 0 aromatic rings. The lowest BCUT2D eigenvalue weighted by atomic mass is 10.1. The number of ether oxygens (including phenoxy) is 3. The van der Waals surface area contributed by atoms with Crippen LogP contribution in [0.4, 0.5) is 0 Å². The van der Waals surface area contributed by atoms with Crippen LogP contribution in [0.3, 0.4) is 0 Å². The Hall–Kier alpha value is -3.23. The van der Waals surface area contributed by atoms with Crippen LogP contribution in [0.1, 0.15) is 110 Å². The van der Waals surface area contributed by atoms with Crippen molar-refractivity contribution >= 4 is 17.9 Å². The third-order valence-corrected chi connectivity index (χ3v) is 7.45. The van der Waals surface area contributed by atoms with Crippen molar-refractivity contribution in [2.45, 2.75) is 122 Å². The van der Waals surface area contributed by atoms with Gasteiger partial charge in [-0.1, -0.05) is 106 Å². The van der Waals surface area contributed by atoms with Crippen LogP contribution in [-0.2, 0) is 28.6 Å². The third kappa shape index (κ3) is 29.0. The fourth-order valence-electron chi connectivity index (χ4n) is 4.67. The smallest absolute Gasteiger partial charge is 0.362 e. The number of hydrogen-bond acceptors (Lipinski definition) is 6. The Morgan fingerprint density at radius 1 is 0.646 bits per heavy atom. The molecule has 2 atom stereocenters. The summed E-state index contributed by atoms with van der Waals surface area (Å²) >= 11 is 0. The molecule has 8 nitrogen and oxygen atoms in total. The zero-order valence-corrected chi connectivity index (χ0v) is 30.7. The van der Waals surface area contributed by atoms with Crippen molar-refractivity contribution in [1.29, 1.82) is 0 Å². The molecule has 0 saturated carbocycles. The Kier molecular flexibility index (Phi) is 29.0. The monoisotopic (exact) mass is 672 g/mol. The van der Waals surface area contributed by atoms with E-state index in [2.05, 4.69) is 56.4 Å². The average Bonchev–Trinajstić information content (AvgIpc) is 3.03. The molecule has 0 bridgehead atoms. The van der Waals surface area contributed by atoms with Gasteiger partial charge in [-0.2, -0.15) is 0 Å². The van der Waals surface area contributed by atoms with Crippen molar-refractivity contribution in [1.82, 2.24) is 0 Å². The molecular formula is C40H66NO7+. The molecular weight excluding hydrogens is 606 g/mol. The number of nitrogens with zero attached hydrogens (tertiary/aromatic N) is 1. The van der Waals surface area contributed by atoms with Crippen LogP contribution in [0.25, 0.3) is 0 Å². The van der Waals surface area contributed by atoms with E-state index in [1.54, 1.807) is 0 Å². The highest BCUT2D eigenvalue weighted by Gasteiger charge is 2.31. The van der Waals surface area contributed by atoms with Crippen LogP contribution in [0, 0.1) is 0 Å². The molecule has 272 valence electrons. The van der Waals surface area contributed by atoms with E-state index in [4.69, 9.17) is 14.2 Å². The van der Waals surface area contributed by atoms with E-state index in [1.807, 2.05) is 51.5 Å². The van der Waals surface area contributed by atoms with Gasteiger partial charge in [0.2, 0.25) is 0 Å². The van der Waals surface area contributed by atoms with Crippen LogP contribution in [0.5, 0.6) is 0 Å². The number of esters is 2. The van der Waals surface area contributed by atoms with Gasteiger partial charge in [0.1, 0.15) is 6.61 Å². The molecule has 1 N–H and O–H groups in total. The molecule has 0 spiro atoms. The summed E-state index contributed by atoms with van der Waals surface area (Å²) in [5.74, 6) is -1.56. The minimum atomic E-state index is -0.889. The normalized spacial score (nSPS) is 13.9. The van der Waals surface area contributed by atoms with Crippen LogP contribution in [-0.4, -0.2) is 80.6 Å². The Labute approximate surface area is 291 Å². The number of allylic oxidation sites excluding steroid dienone is 12.